The summed E-state index contributed by atoms with van der Waals surface area (Å²) < 4.78 is 62.1. The van der Waals surface area contributed by atoms with Gasteiger partial charge in [0.25, 0.3) is 0 Å². The number of anilines is 1. The van der Waals surface area contributed by atoms with E-state index in [2.05, 4.69) is 15.0 Å². The first-order chi connectivity index (χ1) is 15.5. The smallest absolute Gasteiger partial charge is 0.383 e. The highest BCUT2D eigenvalue weighted by atomic mass is 32.2. The summed E-state index contributed by atoms with van der Waals surface area (Å²) in [7, 11) is -3.31. The summed E-state index contributed by atoms with van der Waals surface area (Å²) in [5.74, 6) is 0.254. The zero-order valence-corrected chi connectivity index (χ0v) is 18.0. The molecule has 0 spiro atoms. The molecular formula is C23H17F3N4O2S. The molecule has 0 aliphatic carbocycles. The van der Waals surface area contributed by atoms with Crippen LogP contribution in [0.25, 0.3) is 33.5 Å². The van der Waals surface area contributed by atoms with Crippen LogP contribution in [0.1, 0.15) is 5.69 Å². The minimum absolute atomic E-state index is 0.208. The van der Waals surface area contributed by atoms with E-state index in [0.717, 1.165) is 24.1 Å². The van der Waals surface area contributed by atoms with Gasteiger partial charge in [0.15, 0.2) is 9.84 Å². The van der Waals surface area contributed by atoms with Crippen LogP contribution in [0.3, 0.4) is 0 Å². The lowest BCUT2D eigenvalue weighted by molar-refractivity contribution is -0.141. The molecule has 6 nitrogen and oxygen atoms in total. The van der Waals surface area contributed by atoms with Gasteiger partial charge < -0.3 is 5.73 Å². The first-order valence-electron chi connectivity index (χ1n) is 9.58. The Balaban J connectivity index is 1.66. The Labute approximate surface area is 187 Å². The molecule has 33 heavy (non-hydrogen) atoms. The lowest BCUT2D eigenvalue weighted by atomic mass is 10.0. The molecule has 3 aromatic heterocycles. The Morgan fingerprint density at radius 3 is 2.06 bits per heavy atom. The number of nitrogens with zero attached hydrogens (tertiary/aromatic N) is 3. The van der Waals surface area contributed by atoms with Crippen molar-refractivity contribution >= 4 is 15.7 Å². The van der Waals surface area contributed by atoms with E-state index in [0.29, 0.717) is 22.4 Å². The quantitative estimate of drug-likeness (QED) is 0.457. The van der Waals surface area contributed by atoms with E-state index < -0.39 is 21.7 Å². The van der Waals surface area contributed by atoms with Crippen molar-refractivity contribution in [2.75, 3.05) is 12.0 Å². The number of alkyl halides is 3. The topological polar surface area (TPSA) is 98.8 Å². The van der Waals surface area contributed by atoms with E-state index in [4.69, 9.17) is 5.73 Å². The average Bonchev–Trinajstić information content (AvgIpc) is 2.79. The number of halogens is 3. The second-order valence-electron chi connectivity index (χ2n) is 7.31. The van der Waals surface area contributed by atoms with Gasteiger partial charge in [-0.1, -0.05) is 18.2 Å². The number of rotatable bonds is 4. The van der Waals surface area contributed by atoms with E-state index in [1.807, 2.05) is 0 Å². The van der Waals surface area contributed by atoms with Gasteiger partial charge in [-0.3, -0.25) is 9.97 Å². The minimum Gasteiger partial charge on any atom is -0.383 e. The molecule has 0 aliphatic heterocycles. The molecule has 168 valence electrons. The molecule has 2 N–H and O–H groups in total. The Morgan fingerprint density at radius 2 is 1.45 bits per heavy atom. The van der Waals surface area contributed by atoms with E-state index in [1.165, 1.54) is 24.4 Å². The van der Waals surface area contributed by atoms with Crippen LogP contribution in [0.2, 0.25) is 0 Å². The highest BCUT2D eigenvalue weighted by Crippen LogP contribution is 2.32. The molecule has 0 saturated heterocycles. The van der Waals surface area contributed by atoms with Crippen LogP contribution in [0.15, 0.2) is 78.1 Å². The predicted octanol–water partition coefficient (Wildman–Crippen LogP) is 4.88. The van der Waals surface area contributed by atoms with Gasteiger partial charge in [0.05, 0.1) is 10.6 Å². The first kappa shape index (κ1) is 22.4. The van der Waals surface area contributed by atoms with Gasteiger partial charge in [-0.15, -0.1) is 0 Å². The van der Waals surface area contributed by atoms with E-state index in [-0.39, 0.29) is 16.3 Å². The molecule has 0 bridgehead atoms. The normalized spacial score (nSPS) is 12.0. The van der Waals surface area contributed by atoms with Crippen molar-refractivity contribution in [2.45, 2.75) is 11.1 Å². The zero-order valence-electron chi connectivity index (χ0n) is 17.2. The van der Waals surface area contributed by atoms with E-state index in [1.54, 1.807) is 36.5 Å². The Kier molecular flexibility index (Phi) is 5.62. The summed E-state index contributed by atoms with van der Waals surface area (Å²) >= 11 is 0. The standard InChI is InChI=1S/C23H17F3N4O2S/c1-33(31,32)18-5-2-14(3-6-18)17-10-19(22(27)30-13-17)16-4-7-20(29-12-16)15-8-9-28-21(11-15)23(24,25)26/h2-13H,1H3,(H2,27,30). The van der Waals surface area contributed by atoms with Crippen molar-refractivity contribution in [2.24, 2.45) is 0 Å². The molecular weight excluding hydrogens is 453 g/mol. The number of hydrogen-bond acceptors (Lipinski definition) is 6. The largest absolute Gasteiger partial charge is 0.433 e. The third-order valence-electron chi connectivity index (χ3n) is 4.95. The van der Waals surface area contributed by atoms with Crippen molar-refractivity contribution in [3.8, 4) is 33.5 Å². The summed E-state index contributed by atoms with van der Waals surface area (Å²) in [5.41, 5.74) is 8.37. The second kappa shape index (κ2) is 8.28. The molecule has 4 aromatic rings. The zero-order chi connectivity index (χ0) is 23.8. The van der Waals surface area contributed by atoms with Crippen LogP contribution in [0.4, 0.5) is 19.0 Å². The van der Waals surface area contributed by atoms with Gasteiger partial charge in [-0.2, -0.15) is 13.2 Å². The minimum atomic E-state index is -4.55. The molecule has 0 amide bonds. The van der Waals surface area contributed by atoms with Crippen molar-refractivity contribution in [3.63, 3.8) is 0 Å². The van der Waals surface area contributed by atoms with Crippen LogP contribution in [0, 0.1) is 0 Å². The van der Waals surface area contributed by atoms with Crippen LogP contribution in [-0.2, 0) is 16.0 Å². The van der Waals surface area contributed by atoms with Crippen LogP contribution in [-0.4, -0.2) is 29.6 Å². The molecule has 10 heteroatoms. The number of nitrogens with two attached hydrogens (primary N) is 1. The molecule has 0 unspecified atom stereocenters. The molecule has 0 radical (unpaired) electrons. The number of nitrogen functional groups attached to an aromatic ring is 1. The summed E-state index contributed by atoms with van der Waals surface area (Å²) in [6, 6.07) is 13.9. The molecule has 3 heterocycles. The van der Waals surface area contributed by atoms with Crippen molar-refractivity contribution in [1.29, 1.82) is 0 Å². The number of hydrogen-bond donors (Lipinski definition) is 1. The fourth-order valence-electron chi connectivity index (χ4n) is 3.23. The van der Waals surface area contributed by atoms with Gasteiger partial charge in [0, 0.05) is 47.1 Å². The lowest BCUT2D eigenvalue weighted by Gasteiger charge is -2.10. The third-order valence-corrected chi connectivity index (χ3v) is 6.08. The van der Waals surface area contributed by atoms with Gasteiger partial charge in [-0.25, -0.2) is 13.4 Å². The fraction of sp³-hybridized carbons (Fsp3) is 0.0870. The second-order valence-corrected chi connectivity index (χ2v) is 9.33. The van der Waals surface area contributed by atoms with Crippen molar-refractivity contribution < 1.29 is 21.6 Å². The number of pyridine rings is 3. The summed E-state index contributed by atoms with van der Waals surface area (Å²) in [6.07, 6.45) is 0.764. The molecule has 4 rings (SSSR count). The molecule has 0 aliphatic rings. The molecule has 0 saturated carbocycles. The summed E-state index contributed by atoms with van der Waals surface area (Å²) in [4.78, 5) is 12.1. The highest BCUT2D eigenvalue weighted by Gasteiger charge is 2.32. The Hall–Kier alpha value is -3.79. The third kappa shape index (κ3) is 4.85. The summed E-state index contributed by atoms with van der Waals surface area (Å²) in [5, 5.41) is 0. The maximum Gasteiger partial charge on any atom is 0.433 e. The van der Waals surface area contributed by atoms with E-state index >= 15 is 0 Å². The monoisotopic (exact) mass is 470 g/mol. The predicted molar refractivity (Wildman–Crippen MR) is 119 cm³/mol. The molecule has 1 aromatic carbocycles. The highest BCUT2D eigenvalue weighted by molar-refractivity contribution is 7.90. The summed E-state index contributed by atoms with van der Waals surface area (Å²) in [6.45, 7) is 0. The molecule has 0 fully saturated rings. The Morgan fingerprint density at radius 1 is 0.788 bits per heavy atom. The van der Waals surface area contributed by atoms with Crippen LogP contribution in [0.5, 0.6) is 0 Å². The van der Waals surface area contributed by atoms with Crippen LogP contribution >= 0.6 is 0 Å². The van der Waals surface area contributed by atoms with Crippen molar-refractivity contribution in [3.05, 3.63) is 78.9 Å². The molecule has 0 atom stereocenters. The Bertz CT molecular complexity index is 1420. The van der Waals surface area contributed by atoms with E-state index in [9.17, 15) is 21.6 Å². The maximum absolute atomic E-state index is 12.9. The SMILES string of the molecule is CS(=O)(=O)c1ccc(-c2cnc(N)c(-c3ccc(-c4ccnc(C(F)(F)F)c4)nc3)c2)cc1. The number of benzene rings is 1. The number of aromatic nitrogens is 3. The maximum atomic E-state index is 12.9. The van der Waals surface area contributed by atoms with Crippen molar-refractivity contribution in [1.82, 2.24) is 15.0 Å². The van der Waals surface area contributed by atoms with Gasteiger partial charge in [0.2, 0.25) is 0 Å². The number of sulfone groups is 1. The van der Waals surface area contributed by atoms with Gasteiger partial charge in [-0.05, 0) is 42.0 Å². The lowest BCUT2D eigenvalue weighted by Crippen LogP contribution is -2.07. The van der Waals surface area contributed by atoms with Gasteiger partial charge >= 0.3 is 6.18 Å². The first-order valence-corrected chi connectivity index (χ1v) is 11.5. The fourth-order valence-corrected chi connectivity index (χ4v) is 3.86. The average molecular weight is 470 g/mol. The van der Waals surface area contributed by atoms with Gasteiger partial charge in [0.1, 0.15) is 11.5 Å². The van der Waals surface area contributed by atoms with Crippen LogP contribution < -0.4 is 5.73 Å².